The molecule has 2 aliphatic heterocycles. The average Bonchev–Trinajstić information content (AvgIpc) is 2.48. The van der Waals surface area contributed by atoms with Crippen LogP contribution in [0.5, 0.6) is 0 Å². The molecule has 0 saturated carbocycles. The second-order valence-electron chi connectivity index (χ2n) is 3.27. The van der Waals surface area contributed by atoms with E-state index in [1.807, 2.05) is 0 Å². The van der Waals surface area contributed by atoms with Gasteiger partial charge in [0.2, 0.25) is 11.0 Å². The van der Waals surface area contributed by atoms with Crippen LogP contribution in [-0.4, -0.2) is 33.8 Å². The van der Waals surface area contributed by atoms with E-state index in [2.05, 4.69) is 0 Å². The predicted molar refractivity (Wildman–Crippen MR) is 46.8 cm³/mol. The Morgan fingerprint density at radius 2 is 2.25 bits per heavy atom. The number of fused-ring (bicyclic) bond motifs is 1. The summed E-state index contributed by atoms with van der Waals surface area (Å²) in [4.78, 5) is 24.6. The fraction of sp³-hybridized carbons (Fsp3) is 0.750. The molecule has 4 heteroatoms. The fourth-order valence-corrected chi connectivity index (χ4v) is 2.80. The summed E-state index contributed by atoms with van der Waals surface area (Å²) in [5.41, 5.74) is 0. The lowest BCUT2D eigenvalue weighted by atomic mass is 10.2. The molecule has 2 heterocycles. The Labute approximate surface area is 75.5 Å². The van der Waals surface area contributed by atoms with Gasteiger partial charge in [-0.2, -0.15) is 0 Å². The highest BCUT2D eigenvalue weighted by atomic mass is 32.2. The second kappa shape index (κ2) is 2.76. The topological polar surface area (TPSA) is 37.4 Å². The highest BCUT2D eigenvalue weighted by Gasteiger charge is 2.41. The van der Waals surface area contributed by atoms with Crippen LogP contribution < -0.4 is 0 Å². The molecule has 2 aliphatic rings. The second-order valence-corrected chi connectivity index (χ2v) is 4.61. The summed E-state index contributed by atoms with van der Waals surface area (Å²) in [6.07, 6.45) is 1.85. The molecule has 0 aromatic carbocycles. The lowest BCUT2D eigenvalue weighted by Crippen LogP contribution is -2.48. The van der Waals surface area contributed by atoms with E-state index in [-0.39, 0.29) is 22.3 Å². The molecule has 2 fully saturated rings. The standard InChI is InChI=1S/C8H11NO2S/c1-5-7(10)9-4-2-3-6(9)8(11)12-5/h5-6H,2-4H2,1H3/t5?,6-/m0/s1. The van der Waals surface area contributed by atoms with Crippen LogP contribution in [0.15, 0.2) is 0 Å². The summed E-state index contributed by atoms with van der Waals surface area (Å²) < 4.78 is 0. The van der Waals surface area contributed by atoms with E-state index in [1.165, 1.54) is 11.8 Å². The van der Waals surface area contributed by atoms with Gasteiger partial charge in [-0.25, -0.2) is 0 Å². The minimum Gasteiger partial charge on any atom is -0.331 e. The molecule has 0 radical (unpaired) electrons. The quantitative estimate of drug-likeness (QED) is 0.555. The molecule has 0 aromatic rings. The molecular formula is C8H11NO2S. The van der Waals surface area contributed by atoms with E-state index >= 15 is 0 Å². The van der Waals surface area contributed by atoms with Crippen LogP contribution in [-0.2, 0) is 9.59 Å². The van der Waals surface area contributed by atoms with Gasteiger partial charge in [0.1, 0.15) is 6.04 Å². The summed E-state index contributed by atoms with van der Waals surface area (Å²) in [6, 6.07) is -0.0984. The van der Waals surface area contributed by atoms with Crippen molar-refractivity contribution >= 4 is 22.8 Å². The number of nitrogens with zero attached hydrogens (tertiary/aromatic N) is 1. The van der Waals surface area contributed by atoms with Gasteiger partial charge in [-0.15, -0.1) is 0 Å². The van der Waals surface area contributed by atoms with E-state index in [0.29, 0.717) is 0 Å². The Bertz CT molecular complexity index is 241. The van der Waals surface area contributed by atoms with Gasteiger partial charge >= 0.3 is 0 Å². The zero-order chi connectivity index (χ0) is 8.72. The maximum atomic E-state index is 11.5. The Morgan fingerprint density at radius 3 is 3.00 bits per heavy atom. The average molecular weight is 185 g/mol. The summed E-state index contributed by atoms with van der Waals surface area (Å²) in [7, 11) is 0. The van der Waals surface area contributed by atoms with Crippen LogP contribution >= 0.6 is 11.8 Å². The number of thioether (sulfide) groups is 1. The van der Waals surface area contributed by atoms with E-state index in [0.717, 1.165) is 19.4 Å². The van der Waals surface area contributed by atoms with Crippen molar-refractivity contribution in [1.29, 1.82) is 0 Å². The van der Waals surface area contributed by atoms with E-state index in [4.69, 9.17) is 0 Å². The normalized spacial score (nSPS) is 35.6. The van der Waals surface area contributed by atoms with Crippen LogP contribution in [0, 0.1) is 0 Å². The van der Waals surface area contributed by atoms with Gasteiger partial charge in [0.05, 0.1) is 5.25 Å². The van der Waals surface area contributed by atoms with E-state index in [9.17, 15) is 9.59 Å². The number of amides is 1. The monoisotopic (exact) mass is 185 g/mol. The van der Waals surface area contributed by atoms with Crippen molar-refractivity contribution in [2.45, 2.75) is 31.1 Å². The Kier molecular flexibility index (Phi) is 1.87. The smallest absolute Gasteiger partial charge is 0.236 e. The first-order chi connectivity index (χ1) is 5.70. The summed E-state index contributed by atoms with van der Waals surface area (Å²) in [5, 5.41) is 0.0199. The molecule has 1 unspecified atom stereocenters. The molecule has 2 saturated heterocycles. The zero-order valence-electron chi connectivity index (χ0n) is 6.95. The van der Waals surface area contributed by atoms with Gasteiger partial charge in [-0.05, 0) is 19.8 Å². The zero-order valence-corrected chi connectivity index (χ0v) is 7.76. The first-order valence-electron chi connectivity index (χ1n) is 4.21. The lowest BCUT2D eigenvalue weighted by molar-refractivity contribution is -0.135. The lowest BCUT2D eigenvalue weighted by Gasteiger charge is -2.31. The van der Waals surface area contributed by atoms with Crippen molar-refractivity contribution in [2.24, 2.45) is 0 Å². The van der Waals surface area contributed by atoms with Crippen molar-refractivity contribution in [3.05, 3.63) is 0 Å². The van der Waals surface area contributed by atoms with Crippen LogP contribution in [0.25, 0.3) is 0 Å². The highest BCUT2D eigenvalue weighted by molar-refractivity contribution is 8.15. The van der Waals surface area contributed by atoms with Crippen LogP contribution in [0.1, 0.15) is 19.8 Å². The summed E-state index contributed by atoms with van der Waals surface area (Å²) in [6.45, 7) is 2.58. The third-order valence-electron chi connectivity index (χ3n) is 2.45. The molecule has 0 aliphatic carbocycles. The highest BCUT2D eigenvalue weighted by Crippen LogP contribution is 2.31. The maximum absolute atomic E-state index is 11.5. The molecular weight excluding hydrogens is 174 g/mol. The van der Waals surface area contributed by atoms with Gasteiger partial charge in [-0.1, -0.05) is 11.8 Å². The number of carbonyl (C=O) groups is 2. The van der Waals surface area contributed by atoms with Crippen LogP contribution in [0.4, 0.5) is 0 Å². The Hall–Kier alpha value is -0.510. The molecule has 0 bridgehead atoms. The number of hydrogen-bond acceptors (Lipinski definition) is 3. The van der Waals surface area contributed by atoms with E-state index in [1.54, 1.807) is 11.8 Å². The van der Waals surface area contributed by atoms with Gasteiger partial charge in [0.15, 0.2) is 0 Å². The van der Waals surface area contributed by atoms with Crippen molar-refractivity contribution in [2.75, 3.05) is 6.54 Å². The largest absolute Gasteiger partial charge is 0.331 e. The first-order valence-corrected chi connectivity index (χ1v) is 5.09. The molecule has 2 rings (SSSR count). The third kappa shape index (κ3) is 1.05. The maximum Gasteiger partial charge on any atom is 0.236 e. The van der Waals surface area contributed by atoms with Gasteiger partial charge in [0, 0.05) is 6.54 Å². The molecule has 0 N–H and O–H groups in total. The number of hydrogen-bond donors (Lipinski definition) is 0. The first kappa shape index (κ1) is 8.10. The minimum atomic E-state index is -0.160. The number of rotatable bonds is 0. The van der Waals surface area contributed by atoms with Gasteiger partial charge in [0.25, 0.3) is 0 Å². The van der Waals surface area contributed by atoms with Crippen molar-refractivity contribution in [3.63, 3.8) is 0 Å². The fourth-order valence-electron chi connectivity index (χ4n) is 1.81. The van der Waals surface area contributed by atoms with Crippen molar-refractivity contribution < 1.29 is 9.59 Å². The molecule has 66 valence electrons. The molecule has 2 atom stereocenters. The Morgan fingerprint density at radius 1 is 1.50 bits per heavy atom. The predicted octanol–water partition coefficient (Wildman–Crippen LogP) is 0.639. The summed E-state index contributed by atoms with van der Waals surface area (Å²) >= 11 is 1.20. The van der Waals surface area contributed by atoms with Crippen LogP contribution in [0.2, 0.25) is 0 Å². The SMILES string of the molecule is CC1SC(=O)[C@@H]2CCCN2C1=O. The van der Waals surface area contributed by atoms with Crippen molar-refractivity contribution in [3.8, 4) is 0 Å². The van der Waals surface area contributed by atoms with Gasteiger partial charge in [-0.3, -0.25) is 9.59 Å². The molecule has 1 amide bonds. The third-order valence-corrected chi connectivity index (χ3v) is 3.51. The minimum absolute atomic E-state index is 0.0984. The van der Waals surface area contributed by atoms with E-state index < -0.39 is 0 Å². The van der Waals surface area contributed by atoms with Gasteiger partial charge < -0.3 is 4.90 Å². The number of carbonyl (C=O) groups excluding carboxylic acids is 2. The molecule has 0 spiro atoms. The Balaban J connectivity index is 2.23. The van der Waals surface area contributed by atoms with Crippen LogP contribution in [0.3, 0.4) is 0 Å². The molecule has 3 nitrogen and oxygen atoms in total. The molecule has 12 heavy (non-hydrogen) atoms. The summed E-state index contributed by atoms with van der Waals surface area (Å²) in [5.74, 6) is 0.141. The van der Waals surface area contributed by atoms with Crippen molar-refractivity contribution in [1.82, 2.24) is 4.90 Å². The molecule has 0 aromatic heterocycles.